The molecule has 126 valence electrons. The van der Waals surface area contributed by atoms with Crippen LogP contribution in [0.3, 0.4) is 0 Å². The molecule has 0 spiro atoms. The van der Waals surface area contributed by atoms with Crippen molar-refractivity contribution < 1.29 is 14.6 Å². The van der Waals surface area contributed by atoms with Gasteiger partial charge in [-0.15, -0.1) is 0 Å². The number of rotatable bonds is 5. The average Bonchev–Trinajstić information content (AvgIpc) is 3.11. The normalized spacial score (nSPS) is 18.4. The lowest BCUT2D eigenvalue weighted by atomic mass is 9.98. The number of amides is 1. The summed E-state index contributed by atoms with van der Waals surface area (Å²) in [6.45, 7) is 1.08. The lowest BCUT2D eigenvalue weighted by molar-refractivity contribution is 0.134. The van der Waals surface area contributed by atoms with Crippen LogP contribution in [0.1, 0.15) is 30.0 Å². The molecule has 3 N–H and O–H groups in total. The van der Waals surface area contributed by atoms with Gasteiger partial charge < -0.3 is 20.5 Å². The first kappa shape index (κ1) is 16.3. The summed E-state index contributed by atoms with van der Waals surface area (Å²) in [5.74, 6) is 0.774. The van der Waals surface area contributed by atoms with Gasteiger partial charge in [0.25, 0.3) is 0 Å². The number of benzene rings is 2. The Balaban J connectivity index is 1.62. The van der Waals surface area contributed by atoms with Gasteiger partial charge in [0, 0.05) is 6.54 Å². The highest BCUT2D eigenvalue weighted by Crippen LogP contribution is 2.28. The quantitative estimate of drug-likeness (QED) is 0.883. The molecular formula is C19H22N2O3. The molecule has 5 heteroatoms. The van der Waals surface area contributed by atoms with E-state index in [2.05, 4.69) is 0 Å². The Hall–Kier alpha value is -2.53. The van der Waals surface area contributed by atoms with Crippen molar-refractivity contribution in [1.82, 2.24) is 4.90 Å². The van der Waals surface area contributed by atoms with Gasteiger partial charge in [0.1, 0.15) is 12.4 Å². The van der Waals surface area contributed by atoms with Crippen molar-refractivity contribution in [3.63, 3.8) is 0 Å². The molecule has 2 aromatic rings. The maximum atomic E-state index is 11.3. The van der Waals surface area contributed by atoms with Crippen LogP contribution in [0.15, 0.2) is 54.6 Å². The maximum absolute atomic E-state index is 11.3. The fourth-order valence-electron chi connectivity index (χ4n) is 3.15. The van der Waals surface area contributed by atoms with Crippen LogP contribution >= 0.6 is 0 Å². The zero-order chi connectivity index (χ0) is 16.9. The van der Waals surface area contributed by atoms with Gasteiger partial charge in [0.05, 0.1) is 12.1 Å². The molecule has 24 heavy (non-hydrogen) atoms. The smallest absolute Gasteiger partial charge is 0.407 e. The number of likely N-dealkylation sites (tertiary alicyclic amines) is 1. The molecule has 5 nitrogen and oxygen atoms in total. The number of carbonyl (C=O) groups is 1. The summed E-state index contributed by atoms with van der Waals surface area (Å²) in [7, 11) is 0. The van der Waals surface area contributed by atoms with Gasteiger partial charge in [-0.3, -0.25) is 0 Å². The van der Waals surface area contributed by atoms with Crippen LogP contribution in [0.25, 0.3) is 0 Å². The van der Waals surface area contributed by atoms with E-state index >= 15 is 0 Å². The fourth-order valence-corrected chi connectivity index (χ4v) is 3.15. The number of ether oxygens (including phenoxy) is 1. The second-order valence-corrected chi connectivity index (χ2v) is 6.05. The molecule has 2 aromatic carbocycles. The van der Waals surface area contributed by atoms with E-state index in [0.29, 0.717) is 13.2 Å². The van der Waals surface area contributed by atoms with Crippen LogP contribution in [0.4, 0.5) is 4.79 Å². The molecule has 1 unspecified atom stereocenters. The van der Waals surface area contributed by atoms with Crippen molar-refractivity contribution in [1.29, 1.82) is 0 Å². The Kier molecular flexibility index (Phi) is 5.01. The highest BCUT2D eigenvalue weighted by molar-refractivity contribution is 5.66. The average molecular weight is 326 g/mol. The van der Waals surface area contributed by atoms with Gasteiger partial charge in [0.15, 0.2) is 0 Å². The molecule has 3 rings (SSSR count). The molecule has 0 bridgehead atoms. The highest BCUT2D eigenvalue weighted by Gasteiger charge is 2.33. The summed E-state index contributed by atoms with van der Waals surface area (Å²) in [6.07, 6.45) is 0.776. The van der Waals surface area contributed by atoms with Crippen molar-refractivity contribution in [3.05, 3.63) is 65.7 Å². The van der Waals surface area contributed by atoms with E-state index in [4.69, 9.17) is 10.5 Å². The Morgan fingerprint density at radius 2 is 1.92 bits per heavy atom. The Labute approximate surface area is 141 Å². The van der Waals surface area contributed by atoms with Crippen LogP contribution in [-0.4, -0.2) is 28.7 Å². The van der Waals surface area contributed by atoms with Crippen molar-refractivity contribution in [2.75, 3.05) is 6.54 Å². The van der Waals surface area contributed by atoms with Crippen molar-refractivity contribution in [3.8, 4) is 5.75 Å². The summed E-state index contributed by atoms with van der Waals surface area (Å²) in [5.41, 5.74) is 8.34. The molecule has 1 saturated heterocycles. The largest absolute Gasteiger partial charge is 0.489 e. The molecule has 1 heterocycles. The van der Waals surface area contributed by atoms with Crippen LogP contribution < -0.4 is 10.5 Å². The fraction of sp³-hybridized carbons (Fsp3) is 0.316. The van der Waals surface area contributed by atoms with Crippen molar-refractivity contribution >= 4 is 6.09 Å². The number of carboxylic acid groups (broad SMARTS) is 1. The van der Waals surface area contributed by atoms with Gasteiger partial charge in [-0.25, -0.2) is 4.79 Å². The third-order valence-corrected chi connectivity index (χ3v) is 4.47. The van der Waals surface area contributed by atoms with E-state index in [1.165, 1.54) is 4.90 Å². The second kappa shape index (κ2) is 7.36. The van der Waals surface area contributed by atoms with Crippen LogP contribution in [-0.2, 0) is 6.61 Å². The maximum Gasteiger partial charge on any atom is 0.407 e. The van der Waals surface area contributed by atoms with Gasteiger partial charge in [0.2, 0.25) is 0 Å². The molecule has 1 fully saturated rings. The highest BCUT2D eigenvalue weighted by atomic mass is 16.5. The lowest BCUT2D eigenvalue weighted by Gasteiger charge is -2.27. The zero-order valence-electron chi connectivity index (χ0n) is 13.5. The number of hydrogen-bond acceptors (Lipinski definition) is 3. The molecule has 0 aromatic heterocycles. The molecule has 0 saturated carbocycles. The summed E-state index contributed by atoms with van der Waals surface area (Å²) in [5, 5.41) is 9.25. The summed E-state index contributed by atoms with van der Waals surface area (Å²) < 4.78 is 5.77. The third-order valence-electron chi connectivity index (χ3n) is 4.47. The van der Waals surface area contributed by atoms with E-state index in [-0.39, 0.29) is 12.1 Å². The number of hydrogen-bond donors (Lipinski definition) is 2. The molecule has 1 aliphatic rings. The first-order valence-electron chi connectivity index (χ1n) is 8.17. The minimum atomic E-state index is -0.893. The molecule has 0 aliphatic carbocycles. The van der Waals surface area contributed by atoms with E-state index in [9.17, 15) is 9.90 Å². The molecular weight excluding hydrogens is 304 g/mol. The second-order valence-electron chi connectivity index (χ2n) is 6.05. The minimum absolute atomic E-state index is 0.154. The lowest BCUT2D eigenvalue weighted by Crippen LogP contribution is -2.41. The predicted molar refractivity (Wildman–Crippen MR) is 91.9 cm³/mol. The standard InChI is InChI=1S/C19H22N2O3/c20-18(17-7-4-12-21(17)19(22)23)15-8-10-16(11-9-15)24-13-14-5-2-1-3-6-14/h1-3,5-6,8-11,17-18H,4,7,12-13,20H2,(H,22,23)/t17-,18?/m1/s1. The van der Waals surface area contributed by atoms with Crippen LogP contribution in [0, 0.1) is 0 Å². The summed E-state index contributed by atoms with van der Waals surface area (Å²) >= 11 is 0. The van der Waals surface area contributed by atoms with Gasteiger partial charge in [-0.2, -0.15) is 0 Å². The predicted octanol–water partition coefficient (Wildman–Crippen LogP) is 3.41. The minimum Gasteiger partial charge on any atom is -0.489 e. The van der Waals surface area contributed by atoms with Gasteiger partial charge in [-0.1, -0.05) is 42.5 Å². The molecule has 1 aliphatic heterocycles. The molecule has 2 atom stereocenters. The monoisotopic (exact) mass is 326 g/mol. The Morgan fingerprint density at radius 3 is 2.58 bits per heavy atom. The van der Waals surface area contributed by atoms with Crippen LogP contribution in [0.5, 0.6) is 5.75 Å². The molecule has 1 amide bonds. The first-order valence-corrected chi connectivity index (χ1v) is 8.17. The van der Waals surface area contributed by atoms with E-state index in [1.54, 1.807) is 0 Å². The van der Waals surface area contributed by atoms with Gasteiger partial charge in [-0.05, 0) is 36.1 Å². The van der Waals surface area contributed by atoms with E-state index < -0.39 is 6.09 Å². The van der Waals surface area contributed by atoms with Crippen molar-refractivity contribution in [2.24, 2.45) is 5.73 Å². The number of nitrogens with two attached hydrogens (primary N) is 1. The Morgan fingerprint density at radius 1 is 1.21 bits per heavy atom. The molecule has 0 radical (unpaired) electrons. The first-order chi connectivity index (χ1) is 11.6. The van der Waals surface area contributed by atoms with E-state index in [0.717, 1.165) is 29.7 Å². The van der Waals surface area contributed by atoms with Crippen molar-refractivity contribution in [2.45, 2.75) is 31.5 Å². The zero-order valence-corrected chi connectivity index (χ0v) is 13.5. The Bertz CT molecular complexity index is 673. The van der Waals surface area contributed by atoms with E-state index in [1.807, 2.05) is 54.6 Å². The summed E-state index contributed by atoms with van der Waals surface area (Å²) in [6, 6.07) is 17.1. The summed E-state index contributed by atoms with van der Waals surface area (Å²) in [4.78, 5) is 12.7. The SMILES string of the molecule is NC(c1ccc(OCc2ccccc2)cc1)[C@H]1CCCN1C(=O)O. The van der Waals surface area contributed by atoms with Gasteiger partial charge >= 0.3 is 6.09 Å². The topological polar surface area (TPSA) is 75.8 Å². The van der Waals surface area contributed by atoms with Crippen LogP contribution in [0.2, 0.25) is 0 Å². The number of nitrogens with zero attached hydrogens (tertiary/aromatic N) is 1. The third kappa shape index (κ3) is 3.68.